The van der Waals surface area contributed by atoms with Crippen LogP contribution in [0.25, 0.3) is 32.6 Å². The van der Waals surface area contributed by atoms with E-state index in [2.05, 4.69) is 66.3 Å². The minimum absolute atomic E-state index is 0.810. The molecule has 3 aromatic carbocycles. The minimum atomic E-state index is 0.810. The van der Waals surface area contributed by atoms with E-state index in [0.717, 1.165) is 17.0 Å². The molecular formula is C28H26N2. The number of nitrogens with zero attached hydrogens (tertiary/aromatic N) is 2. The molecule has 0 bridgehead atoms. The van der Waals surface area contributed by atoms with E-state index in [1.807, 2.05) is 24.3 Å². The molecule has 148 valence electrons. The summed E-state index contributed by atoms with van der Waals surface area (Å²) in [4.78, 5) is 8.14. The molecule has 2 heteroatoms. The lowest BCUT2D eigenvalue weighted by Gasteiger charge is -2.23. The van der Waals surface area contributed by atoms with Crippen molar-refractivity contribution < 1.29 is 0 Å². The highest BCUT2D eigenvalue weighted by Gasteiger charge is 2.17. The van der Waals surface area contributed by atoms with Gasteiger partial charge in [0.2, 0.25) is 0 Å². The molecule has 30 heavy (non-hydrogen) atoms. The zero-order valence-electron chi connectivity index (χ0n) is 17.6. The number of aryl methyl sites for hydroxylation is 2. The van der Waals surface area contributed by atoms with E-state index in [-0.39, 0.29) is 0 Å². The van der Waals surface area contributed by atoms with E-state index < -0.39 is 0 Å². The van der Waals surface area contributed by atoms with Crippen LogP contribution >= 0.6 is 0 Å². The molecule has 0 N–H and O–H groups in total. The number of benzene rings is 3. The van der Waals surface area contributed by atoms with Crippen LogP contribution in [-0.4, -0.2) is 9.97 Å². The molecular weight excluding hydrogens is 364 g/mol. The van der Waals surface area contributed by atoms with E-state index in [1.165, 1.54) is 46.4 Å². The largest absolute Gasteiger partial charge is 0.237 e. The van der Waals surface area contributed by atoms with Crippen molar-refractivity contribution >= 4 is 32.6 Å². The molecule has 0 amide bonds. The van der Waals surface area contributed by atoms with Gasteiger partial charge in [-0.15, -0.1) is 0 Å². The molecule has 0 saturated carbocycles. The van der Waals surface area contributed by atoms with Crippen LogP contribution in [0.1, 0.15) is 30.0 Å². The molecule has 0 saturated heterocycles. The number of pyridine rings is 2. The van der Waals surface area contributed by atoms with Gasteiger partial charge in [-0.3, -0.25) is 0 Å². The Kier molecular flexibility index (Phi) is 4.92. The van der Waals surface area contributed by atoms with Gasteiger partial charge in [-0.05, 0) is 94.6 Å². The van der Waals surface area contributed by atoms with E-state index in [0.29, 0.717) is 0 Å². The second-order valence-electron chi connectivity index (χ2n) is 8.44. The quantitative estimate of drug-likeness (QED) is 0.265. The highest BCUT2D eigenvalue weighted by atomic mass is 14.8. The van der Waals surface area contributed by atoms with Gasteiger partial charge in [-0.1, -0.05) is 49.4 Å². The average molecular weight is 391 g/mol. The zero-order chi connectivity index (χ0) is 20.5. The number of hydrogen-bond donors (Lipinski definition) is 0. The molecule has 1 aliphatic rings. The van der Waals surface area contributed by atoms with Crippen molar-refractivity contribution in [2.45, 2.75) is 33.1 Å². The first-order valence-corrected chi connectivity index (χ1v) is 10.8. The third kappa shape index (κ3) is 3.43. The van der Waals surface area contributed by atoms with Crippen molar-refractivity contribution in [3.8, 4) is 0 Å². The summed E-state index contributed by atoms with van der Waals surface area (Å²) in [6, 6.07) is 23.8. The van der Waals surface area contributed by atoms with Gasteiger partial charge in [0.05, 0.1) is 0 Å². The summed E-state index contributed by atoms with van der Waals surface area (Å²) in [7, 11) is 0. The fraction of sp³-hybridized carbons (Fsp3) is 0.214. The summed E-state index contributed by atoms with van der Waals surface area (Å²) in [6.45, 7) is 4.57. The van der Waals surface area contributed by atoms with Gasteiger partial charge in [0.25, 0.3) is 0 Å². The van der Waals surface area contributed by atoms with Gasteiger partial charge in [0.15, 0.2) is 5.65 Å². The minimum Gasteiger partial charge on any atom is -0.237 e. The van der Waals surface area contributed by atoms with E-state index in [1.54, 1.807) is 23.5 Å². The topological polar surface area (TPSA) is 25.8 Å². The van der Waals surface area contributed by atoms with Crippen LogP contribution < -0.4 is 0 Å². The third-order valence-electron chi connectivity index (χ3n) is 6.32. The lowest BCUT2D eigenvalue weighted by molar-refractivity contribution is 0.503. The molecule has 1 atom stereocenters. The van der Waals surface area contributed by atoms with Crippen LogP contribution in [0.4, 0.5) is 0 Å². The van der Waals surface area contributed by atoms with Crippen LogP contribution in [0.15, 0.2) is 79.1 Å². The maximum absolute atomic E-state index is 4.07. The van der Waals surface area contributed by atoms with Crippen LogP contribution in [0.2, 0.25) is 0 Å². The molecule has 0 spiro atoms. The van der Waals surface area contributed by atoms with E-state index in [9.17, 15) is 0 Å². The van der Waals surface area contributed by atoms with Crippen molar-refractivity contribution in [2.75, 3.05) is 0 Å². The van der Waals surface area contributed by atoms with Gasteiger partial charge in [0.1, 0.15) is 0 Å². The van der Waals surface area contributed by atoms with Crippen LogP contribution in [-0.2, 0) is 12.8 Å². The summed E-state index contributed by atoms with van der Waals surface area (Å²) in [5.74, 6) is 0.836. The number of rotatable bonds is 0. The van der Waals surface area contributed by atoms with Gasteiger partial charge in [0, 0.05) is 17.8 Å². The standard InChI is InChI=1S/C20H20.C8H6N2/c1-13-6-8-17-15(12-13)7-9-20-18-5-3-4-14(2)16(18)10-11-19(17)20;1-3-7-4-2-6-10-8(7)9-5-1/h3-5,7,9-11,13H,6,8,12H2,1-2H3;1-6H. The third-order valence-corrected chi connectivity index (χ3v) is 6.32. The van der Waals surface area contributed by atoms with Gasteiger partial charge >= 0.3 is 0 Å². The molecule has 0 radical (unpaired) electrons. The second-order valence-corrected chi connectivity index (χ2v) is 8.44. The predicted molar refractivity (Wildman–Crippen MR) is 127 cm³/mol. The Morgan fingerprint density at radius 3 is 2.20 bits per heavy atom. The van der Waals surface area contributed by atoms with Gasteiger partial charge < -0.3 is 0 Å². The Labute approximate surface area is 177 Å². The first kappa shape index (κ1) is 18.7. The Morgan fingerprint density at radius 2 is 1.43 bits per heavy atom. The fourth-order valence-electron chi connectivity index (χ4n) is 4.70. The predicted octanol–water partition coefficient (Wildman–Crippen LogP) is 7.06. The van der Waals surface area contributed by atoms with Gasteiger partial charge in [-0.25, -0.2) is 9.97 Å². The highest BCUT2D eigenvalue weighted by molar-refractivity contribution is 6.09. The monoisotopic (exact) mass is 390 g/mol. The maximum atomic E-state index is 4.07. The molecule has 0 fully saturated rings. The molecule has 1 aliphatic carbocycles. The van der Waals surface area contributed by atoms with Crippen LogP contribution in [0, 0.1) is 12.8 Å². The Hall–Kier alpha value is -3.26. The first-order valence-electron chi connectivity index (χ1n) is 10.8. The molecule has 2 nitrogen and oxygen atoms in total. The molecule has 6 rings (SSSR count). The van der Waals surface area contributed by atoms with E-state index in [4.69, 9.17) is 0 Å². The van der Waals surface area contributed by atoms with Crippen LogP contribution in [0.5, 0.6) is 0 Å². The van der Waals surface area contributed by atoms with Crippen LogP contribution in [0.3, 0.4) is 0 Å². The Bertz CT molecular complexity index is 1290. The zero-order valence-corrected chi connectivity index (χ0v) is 17.6. The number of aromatic nitrogens is 2. The Morgan fingerprint density at radius 1 is 0.733 bits per heavy atom. The Balaban J connectivity index is 0.000000161. The number of hydrogen-bond acceptors (Lipinski definition) is 2. The van der Waals surface area contributed by atoms with Gasteiger partial charge in [-0.2, -0.15) is 0 Å². The van der Waals surface area contributed by atoms with Crippen molar-refractivity contribution in [1.29, 1.82) is 0 Å². The lowest BCUT2D eigenvalue weighted by atomic mass is 9.82. The number of fused-ring (bicyclic) bond motifs is 6. The summed E-state index contributed by atoms with van der Waals surface area (Å²) < 4.78 is 0. The molecule has 5 aromatic rings. The summed E-state index contributed by atoms with van der Waals surface area (Å²) >= 11 is 0. The van der Waals surface area contributed by atoms with Crippen molar-refractivity contribution in [2.24, 2.45) is 5.92 Å². The fourth-order valence-corrected chi connectivity index (χ4v) is 4.70. The van der Waals surface area contributed by atoms with Crippen molar-refractivity contribution in [3.05, 3.63) is 95.8 Å². The molecule has 2 heterocycles. The smallest absolute Gasteiger partial charge is 0.159 e. The van der Waals surface area contributed by atoms with Crippen molar-refractivity contribution in [3.63, 3.8) is 0 Å². The molecule has 1 unspecified atom stereocenters. The molecule has 2 aromatic heterocycles. The summed E-state index contributed by atoms with van der Waals surface area (Å²) in [5, 5.41) is 6.80. The summed E-state index contributed by atoms with van der Waals surface area (Å²) in [5.41, 5.74) is 5.35. The summed E-state index contributed by atoms with van der Waals surface area (Å²) in [6.07, 6.45) is 7.31. The first-order chi connectivity index (χ1) is 14.7. The maximum Gasteiger partial charge on any atom is 0.159 e. The van der Waals surface area contributed by atoms with Crippen molar-refractivity contribution in [1.82, 2.24) is 9.97 Å². The second kappa shape index (κ2) is 7.87. The van der Waals surface area contributed by atoms with E-state index >= 15 is 0 Å². The lowest BCUT2D eigenvalue weighted by Crippen LogP contribution is -2.11. The average Bonchev–Trinajstić information content (AvgIpc) is 2.79. The normalized spacial score (nSPS) is 15.6. The highest BCUT2D eigenvalue weighted by Crippen LogP contribution is 2.35. The SMILES string of the molecule is Cc1cccc2c1ccc1c3c(ccc12)CC(C)CC3.c1cnc2ncccc2c1. The molecule has 0 aliphatic heterocycles.